The van der Waals surface area contributed by atoms with Gasteiger partial charge in [0.2, 0.25) is 9.84 Å². The lowest BCUT2D eigenvalue weighted by Crippen LogP contribution is -2.31. The number of ether oxygens (including phenoxy) is 1. The fourth-order valence-corrected chi connectivity index (χ4v) is 5.39. The van der Waals surface area contributed by atoms with Crippen molar-refractivity contribution in [3.8, 4) is 5.75 Å². The summed E-state index contributed by atoms with van der Waals surface area (Å²) in [5, 5.41) is 10.8. The molecule has 0 aromatic heterocycles. The summed E-state index contributed by atoms with van der Waals surface area (Å²) in [5.41, 5.74) is 2.92. The highest BCUT2D eigenvalue weighted by atomic mass is 32.2. The second-order valence-electron chi connectivity index (χ2n) is 7.72. The molecule has 1 atom stereocenters. The molecule has 32 heavy (non-hydrogen) atoms. The number of hydrogen-bond acceptors (Lipinski definition) is 5. The first-order chi connectivity index (χ1) is 15.2. The Bertz CT molecular complexity index is 1290. The molecule has 0 unspecified atom stereocenters. The third-order valence-electron chi connectivity index (χ3n) is 5.53. The monoisotopic (exact) mass is 449 g/mol. The molecule has 3 aromatic rings. The fraction of sp³-hybridized carbons (Fsp3) is 0.160. The van der Waals surface area contributed by atoms with Gasteiger partial charge in [-0.05, 0) is 55.8 Å². The maximum atomic E-state index is 13.6. The van der Waals surface area contributed by atoms with E-state index in [-0.39, 0.29) is 9.80 Å². The Labute approximate surface area is 187 Å². The quantitative estimate of drug-likeness (QED) is 0.613. The van der Waals surface area contributed by atoms with Crippen molar-refractivity contribution in [1.29, 1.82) is 0 Å². The number of benzene rings is 3. The van der Waals surface area contributed by atoms with Crippen molar-refractivity contribution in [2.75, 3.05) is 12.0 Å². The Morgan fingerprint density at radius 3 is 1.91 bits per heavy atom. The molecule has 3 aromatic carbocycles. The molecule has 1 aliphatic heterocycles. The zero-order valence-corrected chi connectivity index (χ0v) is 18.8. The highest BCUT2D eigenvalue weighted by molar-refractivity contribution is 7.95. The zero-order chi connectivity index (χ0) is 23.0. The molecule has 1 amide bonds. The van der Waals surface area contributed by atoms with Gasteiger partial charge in [-0.2, -0.15) is 0 Å². The maximum absolute atomic E-state index is 13.6. The Morgan fingerprint density at radius 1 is 0.844 bits per heavy atom. The summed E-state index contributed by atoms with van der Waals surface area (Å²) in [6.45, 7) is 3.77. The van der Waals surface area contributed by atoms with E-state index in [1.165, 1.54) is 24.1 Å². The maximum Gasteiger partial charge on any atom is 0.295 e. The minimum absolute atomic E-state index is 0.0196. The summed E-state index contributed by atoms with van der Waals surface area (Å²) in [4.78, 5) is 14.2. The molecule has 0 saturated carbocycles. The van der Waals surface area contributed by atoms with Crippen LogP contribution in [-0.2, 0) is 14.6 Å². The van der Waals surface area contributed by atoms with Crippen molar-refractivity contribution < 1.29 is 23.1 Å². The summed E-state index contributed by atoms with van der Waals surface area (Å²) < 4.78 is 32.4. The molecular weight excluding hydrogens is 426 g/mol. The van der Waals surface area contributed by atoms with Gasteiger partial charge >= 0.3 is 0 Å². The second-order valence-corrected chi connectivity index (χ2v) is 9.63. The number of anilines is 1. The van der Waals surface area contributed by atoms with Gasteiger partial charge in [0.05, 0.1) is 12.0 Å². The van der Waals surface area contributed by atoms with Crippen LogP contribution in [0.15, 0.2) is 88.4 Å². The third kappa shape index (κ3) is 3.65. The summed E-state index contributed by atoms with van der Waals surface area (Å²) in [7, 11) is -2.62. The minimum Gasteiger partial charge on any atom is -0.502 e. The summed E-state index contributed by atoms with van der Waals surface area (Å²) in [6, 6.07) is 19.2. The number of hydrogen-bond donors (Lipinski definition) is 1. The van der Waals surface area contributed by atoms with Crippen molar-refractivity contribution in [3.05, 3.63) is 100 Å². The van der Waals surface area contributed by atoms with E-state index in [2.05, 4.69) is 0 Å². The van der Waals surface area contributed by atoms with Gasteiger partial charge in [-0.15, -0.1) is 0 Å². The molecule has 164 valence electrons. The number of carbonyl (C=O) groups excluding carboxylic acids is 1. The van der Waals surface area contributed by atoms with E-state index in [0.29, 0.717) is 17.0 Å². The molecule has 1 aliphatic rings. The summed E-state index contributed by atoms with van der Waals surface area (Å²) in [5.74, 6) is -0.949. The SMILES string of the molecule is COc1ccc(N2C(=O)C(O)=C(S(=O)(=O)c3ccc(C)cc3)[C@@H]2c2ccc(C)cc2)cc1. The van der Waals surface area contributed by atoms with Crippen LogP contribution in [0.5, 0.6) is 5.75 Å². The lowest BCUT2D eigenvalue weighted by molar-refractivity contribution is -0.117. The molecule has 1 heterocycles. The number of amides is 1. The molecule has 1 N–H and O–H groups in total. The number of aryl methyl sites for hydroxylation is 2. The van der Waals surface area contributed by atoms with Gasteiger partial charge in [0.15, 0.2) is 5.76 Å². The molecule has 0 radical (unpaired) electrons. The second kappa shape index (κ2) is 8.16. The average molecular weight is 450 g/mol. The predicted octanol–water partition coefficient (Wildman–Crippen LogP) is 4.64. The van der Waals surface area contributed by atoms with Gasteiger partial charge in [0.1, 0.15) is 16.7 Å². The zero-order valence-electron chi connectivity index (χ0n) is 17.9. The summed E-state index contributed by atoms with van der Waals surface area (Å²) in [6.07, 6.45) is 0. The van der Waals surface area contributed by atoms with Crippen molar-refractivity contribution in [3.63, 3.8) is 0 Å². The number of sulfone groups is 1. The first-order valence-electron chi connectivity index (χ1n) is 10.0. The van der Waals surface area contributed by atoms with Gasteiger partial charge < -0.3 is 9.84 Å². The van der Waals surface area contributed by atoms with E-state index >= 15 is 0 Å². The van der Waals surface area contributed by atoms with Gasteiger partial charge in [-0.1, -0.05) is 47.5 Å². The van der Waals surface area contributed by atoms with Gasteiger partial charge in [-0.25, -0.2) is 8.42 Å². The molecule has 0 aliphatic carbocycles. The Hall–Kier alpha value is -3.58. The molecule has 7 heteroatoms. The molecule has 0 bridgehead atoms. The van der Waals surface area contributed by atoms with E-state index in [1.807, 2.05) is 26.0 Å². The fourth-order valence-electron chi connectivity index (χ4n) is 3.76. The molecule has 0 saturated heterocycles. The van der Waals surface area contributed by atoms with Crippen LogP contribution in [0.25, 0.3) is 0 Å². The largest absolute Gasteiger partial charge is 0.502 e. The van der Waals surface area contributed by atoms with Gasteiger partial charge in [0, 0.05) is 5.69 Å². The van der Waals surface area contributed by atoms with Crippen molar-refractivity contribution in [2.24, 2.45) is 0 Å². The van der Waals surface area contributed by atoms with Crippen LogP contribution in [0.1, 0.15) is 22.7 Å². The number of aliphatic hydroxyl groups is 1. The van der Waals surface area contributed by atoms with Crippen molar-refractivity contribution in [1.82, 2.24) is 0 Å². The topological polar surface area (TPSA) is 83.9 Å². The number of carbonyl (C=O) groups is 1. The lowest BCUT2D eigenvalue weighted by atomic mass is 10.0. The third-order valence-corrected chi connectivity index (χ3v) is 7.41. The average Bonchev–Trinajstić information content (AvgIpc) is 3.06. The van der Waals surface area contributed by atoms with E-state index in [1.54, 1.807) is 48.5 Å². The molecule has 0 spiro atoms. The van der Waals surface area contributed by atoms with Crippen LogP contribution in [-0.4, -0.2) is 26.5 Å². The Balaban J connectivity index is 1.91. The predicted molar refractivity (Wildman–Crippen MR) is 122 cm³/mol. The lowest BCUT2D eigenvalue weighted by Gasteiger charge is -2.27. The Kier molecular flexibility index (Phi) is 5.52. The van der Waals surface area contributed by atoms with Crippen LogP contribution < -0.4 is 9.64 Å². The van der Waals surface area contributed by atoms with Crippen molar-refractivity contribution >= 4 is 21.4 Å². The van der Waals surface area contributed by atoms with Gasteiger partial charge in [0.25, 0.3) is 5.91 Å². The molecular formula is C25H23NO5S. The van der Waals surface area contributed by atoms with Crippen LogP contribution in [0.2, 0.25) is 0 Å². The van der Waals surface area contributed by atoms with E-state index < -0.39 is 27.5 Å². The first-order valence-corrected chi connectivity index (χ1v) is 11.5. The molecule has 0 fully saturated rings. The minimum atomic E-state index is -4.16. The highest BCUT2D eigenvalue weighted by Gasteiger charge is 2.47. The highest BCUT2D eigenvalue weighted by Crippen LogP contribution is 2.45. The van der Waals surface area contributed by atoms with Gasteiger partial charge in [-0.3, -0.25) is 9.69 Å². The normalized spacial score (nSPS) is 16.5. The van der Waals surface area contributed by atoms with E-state index in [9.17, 15) is 18.3 Å². The van der Waals surface area contributed by atoms with E-state index in [4.69, 9.17) is 4.74 Å². The van der Waals surface area contributed by atoms with Crippen LogP contribution >= 0.6 is 0 Å². The number of aliphatic hydroxyl groups excluding tert-OH is 1. The van der Waals surface area contributed by atoms with E-state index in [0.717, 1.165) is 11.1 Å². The summed E-state index contributed by atoms with van der Waals surface area (Å²) >= 11 is 0. The number of nitrogens with zero attached hydrogens (tertiary/aromatic N) is 1. The molecule has 4 rings (SSSR count). The Morgan fingerprint density at radius 2 is 1.38 bits per heavy atom. The van der Waals surface area contributed by atoms with Crippen LogP contribution in [0.4, 0.5) is 5.69 Å². The number of rotatable bonds is 5. The number of methoxy groups -OCH3 is 1. The smallest absolute Gasteiger partial charge is 0.295 e. The first kappa shape index (κ1) is 21.6. The molecule has 6 nitrogen and oxygen atoms in total. The van der Waals surface area contributed by atoms with Crippen LogP contribution in [0.3, 0.4) is 0 Å². The van der Waals surface area contributed by atoms with Crippen LogP contribution in [0, 0.1) is 13.8 Å². The standard InChI is InChI=1S/C25H23NO5S/c1-16-4-8-18(9-5-16)22-24(32(29,30)21-14-6-17(2)7-15-21)23(27)25(28)26(22)19-10-12-20(31-3)13-11-19/h4-15,22,27H,1-3H3/t22-/m0/s1. The van der Waals surface area contributed by atoms with Crippen molar-refractivity contribution in [2.45, 2.75) is 24.8 Å².